The van der Waals surface area contributed by atoms with Crippen molar-refractivity contribution in [1.82, 2.24) is 0 Å². The molecule has 3 heteroatoms. The highest BCUT2D eigenvalue weighted by Gasteiger charge is 2.11. The van der Waals surface area contributed by atoms with Crippen LogP contribution < -0.4 is 10.5 Å². The van der Waals surface area contributed by atoms with E-state index in [-0.39, 0.29) is 6.04 Å². The molecule has 0 bridgehead atoms. The quantitative estimate of drug-likeness (QED) is 0.890. The van der Waals surface area contributed by atoms with E-state index in [1.807, 2.05) is 37.3 Å². The number of aryl methyl sites for hydroxylation is 2. The number of rotatable bonds is 4. The van der Waals surface area contributed by atoms with Gasteiger partial charge in [0.25, 0.3) is 0 Å². The summed E-state index contributed by atoms with van der Waals surface area (Å²) < 4.78 is 6.02. The Labute approximate surface area is 125 Å². The highest BCUT2D eigenvalue weighted by atomic mass is 35.5. The van der Waals surface area contributed by atoms with Gasteiger partial charge in [0, 0.05) is 6.04 Å². The van der Waals surface area contributed by atoms with Gasteiger partial charge in [0.05, 0.1) is 5.02 Å². The lowest BCUT2D eigenvalue weighted by Crippen LogP contribution is -2.18. The molecular weight excluding hydrogens is 270 g/mol. The molecule has 0 fully saturated rings. The molecule has 2 rings (SSSR count). The summed E-state index contributed by atoms with van der Waals surface area (Å²) in [6.07, 6.45) is 0.737. The van der Waals surface area contributed by atoms with Crippen molar-refractivity contribution in [2.24, 2.45) is 5.73 Å². The first-order valence-corrected chi connectivity index (χ1v) is 7.12. The van der Waals surface area contributed by atoms with Crippen LogP contribution in [0.2, 0.25) is 5.02 Å². The number of benzene rings is 2. The first kappa shape index (κ1) is 14.9. The number of ether oxygens (including phenoxy) is 1. The molecule has 0 saturated carbocycles. The minimum absolute atomic E-state index is 0.0649. The first-order chi connectivity index (χ1) is 9.45. The Kier molecular flexibility index (Phi) is 4.69. The molecule has 0 amide bonds. The lowest BCUT2D eigenvalue weighted by molar-refractivity contribution is 0.473. The van der Waals surface area contributed by atoms with Crippen LogP contribution in [0.15, 0.2) is 36.4 Å². The third-order valence-electron chi connectivity index (χ3n) is 3.01. The Bertz CT molecular complexity index is 588. The van der Waals surface area contributed by atoms with E-state index in [0.29, 0.717) is 10.8 Å². The summed E-state index contributed by atoms with van der Waals surface area (Å²) in [6, 6.07) is 12.0. The largest absolute Gasteiger partial charge is 0.455 e. The minimum atomic E-state index is 0.0649. The average molecular weight is 290 g/mol. The number of para-hydroxylation sites is 1. The molecule has 2 aromatic carbocycles. The molecule has 0 radical (unpaired) electrons. The molecule has 2 N–H and O–H groups in total. The Morgan fingerprint density at radius 1 is 1.15 bits per heavy atom. The van der Waals surface area contributed by atoms with E-state index in [2.05, 4.69) is 19.9 Å². The van der Waals surface area contributed by atoms with Crippen LogP contribution in [-0.2, 0) is 6.42 Å². The molecule has 106 valence electrons. The Hall–Kier alpha value is -1.51. The van der Waals surface area contributed by atoms with Gasteiger partial charge in [0.15, 0.2) is 0 Å². The summed E-state index contributed by atoms with van der Waals surface area (Å²) >= 11 is 6.28. The van der Waals surface area contributed by atoms with Gasteiger partial charge in [-0.25, -0.2) is 0 Å². The highest BCUT2D eigenvalue weighted by Crippen LogP contribution is 2.34. The molecule has 0 aliphatic carbocycles. The molecule has 1 unspecified atom stereocenters. The van der Waals surface area contributed by atoms with Crippen molar-refractivity contribution >= 4 is 11.6 Å². The van der Waals surface area contributed by atoms with Crippen LogP contribution in [0.5, 0.6) is 11.5 Å². The topological polar surface area (TPSA) is 35.2 Å². The smallest absolute Gasteiger partial charge is 0.149 e. The van der Waals surface area contributed by atoms with E-state index < -0.39 is 0 Å². The van der Waals surface area contributed by atoms with E-state index in [1.165, 1.54) is 11.1 Å². The fraction of sp³-hybridized carbons (Fsp3) is 0.294. The number of halogens is 1. The fourth-order valence-electron chi connectivity index (χ4n) is 2.29. The van der Waals surface area contributed by atoms with Gasteiger partial charge in [0.1, 0.15) is 11.5 Å². The standard InChI is InChI=1S/C17H20ClNO/c1-11-7-12(2)9-15(8-11)20-17-14(10-13(3)19)5-4-6-16(17)18/h4-9,13H,10,19H2,1-3H3. The van der Waals surface area contributed by atoms with E-state index in [4.69, 9.17) is 22.1 Å². The maximum atomic E-state index is 6.28. The second kappa shape index (κ2) is 6.29. The molecule has 0 spiro atoms. The minimum Gasteiger partial charge on any atom is -0.455 e. The molecular formula is C17H20ClNO. The van der Waals surface area contributed by atoms with E-state index in [9.17, 15) is 0 Å². The molecule has 2 aromatic rings. The van der Waals surface area contributed by atoms with Crippen molar-refractivity contribution in [3.05, 3.63) is 58.1 Å². The zero-order valence-corrected chi connectivity index (χ0v) is 12.9. The maximum absolute atomic E-state index is 6.28. The molecule has 0 saturated heterocycles. The predicted molar refractivity (Wildman–Crippen MR) is 84.8 cm³/mol. The Balaban J connectivity index is 2.36. The van der Waals surface area contributed by atoms with Gasteiger partial charge >= 0.3 is 0 Å². The zero-order valence-electron chi connectivity index (χ0n) is 12.1. The SMILES string of the molecule is Cc1cc(C)cc(Oc2c(Cl)cccc2CC(C)N)c1. The molecule has 0 heterocycles. The Morgan fingerprint density at radius 3 is 2.40 bits per heavy atom. The van der Waals surface area contributed by atoms with E-state index >= 15 is 0 Å². The molecule has 2 nitrogen and oxygen atoms in total. The molecule has 1 atom stereocenters. The number of nitrogens with two attached hydrogens (primary N) is 1. The van der Waals surface area contributed by atoms with Crippen LogP contribution in [0.3, 0.4) is 0 Å². The van der Waals surface area contributed by atoms with Crippen molar-refractivity contribution in [2.45, 2.75) is 33.2 Å². The van der Waals surface area contributed by atoms with Gasteiger partial charge in [-0.2, -0.15) is 0 Å². The summed E-state index contributed by atoms with van der Waals surface area (Å²) in [5, 5.41) is 0.613. The monoisotopic (exact) mass is 289 g/mol. The van der Waals surface area contributed by atoms with Gasteiger partial charge in [-0.3, -0.25) is 0 Å². The van der Waals surface area contributed by atoms with Crippen molar-refractivity contribution in [3.63, 3.8) is 0 Å². The normalized spacial score (nSPS) is 12.2. The summed E-state index contributed by atoms with van der Waals surface area (Å²) in [6.45, 7) is 6.08. The van der Waals surface area contributed by atoms with Crippen LogP contribution in [0, 0.1) is 13.8 Å². The summed E-state index contributed by atoms with van der Waals surface area (Å²) in [5.41, 5.74) is 9.26. The summed E-state index contributed by atoms with van der Waals surface area (Å²) in [7, 11) is 0. The number of hydrogen-bond donors (Lipinski definition) is 1. The van der Waals surface area contributed by atoms with Crippen molar-refractivity contribution in [2.75, 3.05) is 0 Å². The van der Waals surface area contributed by atoms with E-state index in [1.54, 1.807) is 0 Å². The van der Waals surface area contributed by atoms with Crippen LogP contribution in [0.25, 0.3) is 0 Å². The predicted octanol–water partition coefficient (Wildman–Crippen LogP) is 4.64. The zero-order chi connectivity index (χ0) is 14.7. The van der Waals surface area contributed by atoms with Gasteiger partial charge < -0.3 is 10.5 Å². The van der Waals surface area contributed by atoms with Crippen molar-refractivity contribution in [1.29, 1.82) is 0 Å². The summed E-state index contributed by atoms with van der Waals surface area (Å²) in [5.74, 6) is 1.51. The maximum Gasteiger partial charge on any atom is 0.149 e. The molecule has 20 heavy (non-hydrogen) atoms. The molecule has 0 aliphatic rings. The van der Waals surface area contributed by atoms with Crippen LogP contribution in [-0.4, -0.2) is 6.04 Å². The lowest BCUT2D eigenvalue weighted by Gasteiger charge is -2.15. The first-order valence-electron chi connectivity index (χ1n) is 6.75. The Morgan fingerprint density at radius 2 is 1.80 bits per heavy atom. The van der Waals surface area contributed by atoms with E-state index in [0.717, 1.165) is 17.7 Å². The fourth-order valence-corrected chi connectivity index (χ4v) is 2.52. The third-order valence-corrected chi connectivity index (χ3v) is 3.30. The highest BCUT2D eigenvalue weighted by molar-refractivity contribution is 6.32. The summed E-state index contributed by atoms with van der Waals surface area (Å²) in [4.78, 5) is 0. The second-order valence-electron chi connectivity index (χ2n) is 5.33. The molecule has 0 aromatic heterocycles. The lowest BCUT2D eigenvalue weighted by atomic mass is 10.1. The van der Waals surface area contributed by atoms with Crippen molar-refractivity contribution < 1.29 is 4.74 Å². The third kappa shape index (κ3) is 3.75. The second-order valence-corrected chi connectivity index (χ2v) is 5.74. The van der Waals surface area contributed by atoms with Crippen molar-refractivity contribution in [3.8, 4) is 11.5 Å². The van der Waals surface area contributed by atoms with Crippen LogP contribution in [0.1, 0.15) is 23.6 Å². The van der Waals surface area contributed by atoms with Gasteiger partial charge in [-0.15, -0.1) is 0 Å². The average Bonchev–Trinajstić information content (AvgIpc) is 2.31. The number of hydrogen-bond acceptors (Lipinski definition) is 2. The van der Waals surface area contributed by atoms with Crippen LogP contribution >= 0.6 is 11.6 Å². The van der Waals surface area contributed by atoms with Gasteiger partial charge in [-0.05, 0) is 62.1 Å². The van der Waals surface area contributed by atoms with Gasteiger partial charge in [-0.1, -0.05) is 29.8 Å². The van der Waals surface area contributed by atoms with Gasteiger partial charge in [0.2, 0.25) is 0 Å². The van der Waals surface area contributed by atoms with Crippen LogP contribution in [0.4, 0.5) is 0 Å². The molecule has 0 aliphatic heterocycles.